The average molecular weight is 377 g/mol. The smallest absolute Gasteiger partial charge is 0.161 e. The van der Waals surface area contributed by atoms with Crippen molar-refractivity contribution >= 4 is 17.7 Å². The number of halogens is 1. The Balaban J connectivity index is 1.72. The van der Waals surface area contributed by atoms with Crippen molar-refractivity contribution in [3.63, 3.8) is 0 Å². The van der Waals surface area contributed by atoms with E-state index in [2.05, 4.69) is 0 Å². The van der Waals surface area contributed by atoms with E-state index in [0.29, 0.717) is 30.5 Å². The number of carbonyl (C=O) groups excluding carboxylic acids is 1. The summed E-state index contributed by atoms with van der Waals surface area (Å²) in [6.07, 6.45) is 0. The molecule has 1 aliphatic rings. The lowest BCUT2D eigenvalue weighted by Crippen LogP contribution is -2.90. The Morgan fingerprint density at radius 1 is 1.23 bits per heavy atom. The molecular weight excluding hydrogens is 357 g/mol. The molecule has 1 aliphatic heterocycles. The standard InChI is InChI=1S/C19H20FNO4S/c1-2-24-17-9-13(18-21-15(11-26-18)19(22)23)5-8-16(17)25-10-12-3-6-14(20)7-4-12/h3-9,15,18,21H,2,10-11H2,1H3,(H,22,23)/t15-,18+/m1/s1. The lowest BCUT2D eigenvalue weighted by molar-refractivity contribution is -0.690. The Labute approximate surface area is 155 Å². The molecule has 0 spiro atoms. The fraction of sp³-hybridized carbons (Fsp3) is 0.316. The van der Waals surface area contributed by atoms with Gasteiger partial charge in [-0.1, -0.05) is 23.9 Å². The van der Waals surface area contributed by atoms with Gasteiger partial charge in [0.1, 0.15) is 24.4 Å². The first-order chi connectivity index (χ1) is 12.6. The second kappa shape index (κ2) is 8.42. The monoisotopic (exact) mass is 377 g/mol. The number of thioether (sulfide) groups is 1. The molecule has 0 saturated carbocycles. The van der Waals surface area contributed by atoms with Crippen LogP contribution in [0.5, 0.6) is 11.5 Å². The van der Waals surface area contributed by atoms with Crippen LogP contribution in [-0.4, -0.2) is 24.4 Å². The zero-order valence-electron chi connectivity index (χ0n) is 14.3. The van der Waals surface area contributed by atoms with E-state index in [-0.39, 0.29) is 11.2 Å². The predicted molar refractivity (Wildman–Crippen MR) is 94.3 cm³/mol. The lowest BCUT2D eigenvalue weighted by Gasteiger charge is -2.15. The van der Waals surface area contributed by atoms with E-state index in [1.54, 1.807) is 29.2 Å². The molecule has 26 heavy (non-hydrogen) atoms. The van der Waals surface area contributed by atoms with Crippen LogP contribution in [0.2, 0.25) is 0 Å². The average Bonchev–Trinajstić information content (AvgIpc) is 3.13. The van der Waals surface area contributed by atoms with Crippen molar-refractivity contribution in [2.45, 2.75) is 24.9 Å². The summed E-state index contributed by atoms with van der Waals surface area (Å²) in [7, 11) is 0. The second-order valence-electron chi connectivity index (χ2n) is 5.93. The molecule has 2 atom stereocenters. The van der Waals surface area contributed by atoms with Gasteiger partial charge in [0.2, 0.25) is 0 Å². The number of hydrogen-bond donors (Lipinski definition) is 1. The zero-order chi connectivity index (χ0) is 18.5. The summed E-state index contributed by atoms with van der Waals surface area (Å²) >= 11 is 1.57. The van der Waals surface area contributed by atoms with E-state index in [1.807, 2.05) is 25.1 Å². The van der Waals surface area contributed by atoms with Crippen LogP contribution in [-0.2, 0) is 11.4 Å². The molecule has 1 saturated heterocycles. The van der Waals surface area contributed by atoms with E-state index >= 15 is 0 Å². The summed E-state index contributed by atoms with van der Waals surface area (Å²) in [5.41, 5.74) is 1.82. The highest BCUT2D eigenvalue weighted by atomic mass is 32.2. The first-order valence-corrected chi connectivity index (χ1v) is 9.43. The third-order valence-electron chi connectivity index (χ3n) is 4.07. The number of carbonyl (C=O) groups is 1. The minimum Gasteiger partial charge on any atom is -0.544 e. The molecule has 3 rings (SSSR count). The summed E-state index contributed by atoms with van der Waals surface area (Å²) in [5.74, 6) is 0.398. The normalized spacial score (nSPS) is 19.3. The van der Waals surface area contributed by atoms with E-state index in [4.69, 9.17) is 9.47 Å². The highest BCUT2D eigenvalue weighted by Crippen LogP contribution is 2.34. The largest absolute Gasteiger partial charge is 0.544 e. The summed E-state index contributed by atoms with van der Waals surface area (Å²) in [5, 5.41) is 12.8. The van der Waals surface area contributed by atoms with Gasteiger partial charge < -0.3 is 24.7 Å². The topological polar surface area (TPSA) is 75.2 Å². The maximum absolute atomic E-state index is 13.0. The van der Waals surface area contributed by atoms with Gasteiger partial charge in [-0.15, -0.1) is 0 Å². The number of carboxylic acid groups (broad SMARTS) is 1. The van der Waals surface area contributed by atoms with Gasteiger partial charge in [0.25, 0.3) is 0 Å². The molecule has 7 heteroatoms. The number of aliphatic carboxylic acids is 1. The first kappa shape index (κ1) is 18.5. The van der Waals surface area contributed by atoms with Crippen molar-refractivity contribution in [3.8, 4) is 11.5 Å². The number of quaternary nitrogens is 1. The van der Waals surface area contributed by atoms with Gasteiger partial charge in [-0.05, 0) is 42.8 Å². The molecule has 138 valence electrons. The molecule has 0 amide bonds. The van der Waals surface area contributed by atoms with Crippen LogP contribution in [0.25, 0.3) is 0 Å². The van der Waals surface area contributed by atoms with Crippen LogP contribution in [0.1, 0.15) is 23.4 Å². The molecule has 0 aromatic heterocycles. The molecule has 2 N–H and O–H groups in total. The maximum atomic E-state index is 13.0. The number of hydrogen-bond acceptors (Lipinski definition) is 5. The minimum atomic E-state index is -1.04. The molecule has 0 unspecified atom stereocenters. The van der Waals surface area contributed by atoms with Gasteiger partial charge in [0.05, 0.1) is 12.4 Å². The van der Waals surface area contributed by atoms with Crippen LogP contribution in [0.3, 0.4) is 0 Å². The van der Waals surface area contributed by atoms with Gasteiger partial charge in [0, 0.05) is 5.56 Å². The van der Waals surface area contributed by atoms with Crippen molar-refractivity contribution in [2.24, 2.45) is 0 Å². The second-order valence-corrected chi connectivity index (χ2v) is 7.10. The van der Waals surface area contributed by atoms with Crippen LogP contribution in [0.15, 0.2) is 42.5 Å². The van der Waals surface area contributed by atoms with E-state index in [0.717, 1.165) is 11.1 Å². The van der Waals surface area contributed by atoms with Gasteiger partial charge in [0.15, 0.2) is 16.9 Å². The summed E-state index contributed by atoms with van der Waals surface area (Å²) < 4.78 is 24.5. The molecule has 0 aliphatic carbocycles. The van der Waals surface area contributed by atoms with Crippen molar-refractivity contribution in [3.05, 3.63) is 59.4 Å². The van der Waals surface area contributed by atoms with Crippen molar-refractivity contribution < 1.29 is 29.1 Å². The Morgan fingerprint density at radius 3 is 2.65 bits per heavy atom. The molecule has 1 heterocycles. The van der Waals surface area contributed by atoms with Gasteiger partial charge in [-0.2, -0.15) is 0 Å². The molecule has 2 aromatic rings. The van der Waals surface area contributed by atoms with E-state index in [9.17, 15) is 14.3 Å². The number of rotatable bonds is 7. The summed E-state index contributed by atoms with van der Waals surface area (Å²) in [6.45, 7) is 2.68. The molecule has 2 aromatic carbocycles. The third-order valence-corrected chi connectivity index (χ3v) is 5.41. The van der Waals surface area contributed by atoms with Crippen molar-refractivity contribution in [1.82, 2.24) is 0 Å². The highest BCUT2D eigenvalue weighted by Gasteiger charge is 2.31. The quantitative estimate of drug-likeness (QED) is 0.786. The summed E-state index contributed by atoms with van der Waals surface area (Å²) in [6, 6.07) is 11.2. The van der Waals surface area contributed by atoms with E-state index < -0.39 is 12.0 Å². The first-order valence-electron chi connectivity index (χ1n) is 8.38. The fourth-order valence-corrected chi connectivity index (χ4v) is 4.02. The SMILES string of the molecule is CCOc1cc([C@H]2[NH2+][C@@H](C(=O)[O-])CS2)ccc1OCc1ccc(F)cc1. The highest BCUT2D eigenvalue weighted by molar-refractivity contribution is 7.99. The van der Waals surface area contributed by atoms with Crippen LogP contribution in [0, 0.1) is 5.82 Å². The molecule has 0 radical (unpaired) electrons. The minimum absolute atomic E-state index is 0.0109. The summed E-state index contributed by atoms with van der Waals surface area (Å²) in [4.78, 5) is 11.0. The molecular formula is C19H20FNO4S. The van der Waals surface area contributed by atoms with Crippen LogP contribution >= 0.6 is 11.8 Å². The molecule has 1 fully saturated rings. The number of nitrogens with two attached hydrogens (primary N) is 1. The Bertz CT molecular complexity index is 769. The number of carboxylic acids is 1. The Hall–Kier alpha value is -2.25. The lowest BCUT2D eigenvalue weighted by atomic mass is 10.2. The third kappa shape index (κ3) is 4.47. The van der Waals surface area contributed by atoms with Crippen molar-refractivity contribution in [2.75, 3.05) is 12.4 Å². The van der Waals surface area contributed by atoms with Crippen molar-refractivity contribution in [1.29, 1.82) is 0 Å². The van der Waals surface area contributed by atoms with Gasteiger partial charge in [-0.25, -0.2) is 4.39 Å². The van der Waals surface area contributed by atoms with Crippen LogP contribution < -0.4 is 19.9 Å². The Morgan fingerprint density at radius 2 is 2.00 bits per heavy atom. The fourth-order valence-electron chi connectivity index (χ4n) is 2.71. The maximum Gasteiger partial charge on any atom is 0.161 e. The number of ether oxygens (including phenoxy) is 2. The molecule has 5 nitrogen and oxygen atoms in total. The molecule has 0 bridgehead atoms. The van der Waals surface area contributed by atoms with E-state index in [1.165, 1.54) is 12.1 Å². The predicted octanol–water partition coefficient (Wildman–Crippen LogP) is 1.23. The number of benzene rings is 2. The zero-order valence-corrected chi connectivity index (χ0v) is 15.1. The van der Waals surface area contributed by atoms with Crippen LogP contribution in [0.4, 0.5) is 4.39 Å². The van der Waals surface area contributed by atoms with Gasteiger partial charge in [-0.3, -0.25) is 0 Å². The van der Waals surface area contributed by atoms with Gasteiger partial charge >= 0.3 is 0 Å². The Kier molecular flexibility index (Phi) is 6.00.